The van der Waals surface area contributed by atoms with Crippen molar-refractivity contribution in [2.24, 2.45) is 20.4 Å². The van der Waals surface area contributed by atoms with Crippen molar-refractivity contribution < 1.29 is 69.6 Å². The molecule has 0 heterocycles. The number of carboxylic acid groups (broad SMARTS) is 2. The Balaban J connectivity index is 0.000000236. The predicted octanol–water partition coefficient (Wildman–Crippen LogP) is 10.4. The van der Waals surface area contributed by atoms with Gasteiger partial charge in [-0.2, -0.15) is 20.4 Å². The third kappa shape index (κ3) is 28.6. The summed E-state index contributed by atoms with van der Waals surface area (Å²) < 4.78 is 0. The van der Waals surface area contributed by atoms with Crippen LogP contribution in [0.1, 0.15) is 112 Å². The first-order valence-electron chi connectivity index (χ1n) is 28.4. The second-order valence-electron chi connectivity index (χ2n) is 19.4. The first-order chi connectivity index (χ1) is 47.0. The van der Waals surface area contributed by atoms with Gasteiger partial charge in [-0.3, -0.25) is 24.0 Å². The predicted molar refractivity (Wildman–Crippen MR) is 374 cm³/mol. The van der Waals surface area contributed by atoms with Crippen LogP contribution in [0.3, 0.4) is 0 Å². The first-order valence-corrected chi connectivity index (χ1v) is 29.9. The summed E-state index contributed by atoms with van der Waals surface area (Å²) in [5.41, 5.74) is 16.5. The Hall–Kier alpha value is -12.2. The molecule has 22 nitrogen and oxygen atoms in total. The van der Waals surface area contributed by atoms with Gasteiger partial charge < -0.3 is 40.9 Å². The standard InChI is InChI=1S/C19H15ClN2O4.2C18H15ClN2O3.C17H11ClN2O4/c20-16-11-15(9-10-17(16)23)19(26)22-21-12-14-7-5-13(6-8-14)3-1-2-4-18(24)25;1-12(22)2-3-13-4-6-14(7-5-13)11-20-21-18(24)15-8-9-17(23)16(19)10-15;19-16-11-15(8-9-17(16)23)18(24)21-20-12-14-6-4-13(5-7-14)3-1-2-10-22;18-14-9-13(6-7-15(14)21)17(24)20-19-10-12-3-1-11(2-4-12)5-8-16(22)23/h5-12,23H,2,4H2,(H,22,26)(H,24,25);4-12,22-23H,1H3,(H,21,24);4-9,11-12,22-23H,2,10H2,(H,21,24);1-4,6-7,9-10,21H,(H,20,24)(H,22,23)/b21-12+;20-11+;20-12+;19-10+. The number of carboxylic acids is 2. The van der Waals surface area contributed by atoms with Crippen LogP contribution in [0.25, 0.3) is 0 Å². The van der Waals surface area contributed by atoms with E-state index in [-0.39, 0.29) is 67.2 Å². The molecule has 8 aromatic carbocycles. The van der Waals surface area contributed by atoms with E-state index in [1.165, 1.54) is 97.7 Å². The molecule has 98 heavy (non-hydrogen) atoms. The van der Waals surface area contributed by atoms with Crippen molar-refractivity contribution in [1.82, 2.24) is 21.7 Å². The summed E-state index contributed by atoms with van der Waals surface area (Å²) in [6, 6.07) is 44.7. The summed E-state index contributed by atoms with van der Waals surface area (Å²) in [7, 11) is 0. The summed E-state index contributed by atoms with van der Waals surface area (Å²) in [5, 5.41) is 87.8. The Labute approximate surface area is 581 Å². The molecule has 0 aliphatic rings. The number of aliphatic hydroxyl groups is 2. The topological polar surface area (TPSA) is 362 Å². The summed E-state index contributed by atoms with van der Waals surface area (Å²) in [5.74, 6) is 17.1. The molecule has 0 aliphatic carbocycles. The van der Waals surface area contributed by atoms with Crippen molar-refractivity contribution in [3.05, 3.63) is 257 Å². The van der Waals surface area contributed by atoms with Gasteiger partial charge in [0.2, 0.25) is 0 Å². The molecule has 26 heteroatoms. The zero-order valence-electron chi connectivity index (χ0n) is 51.2. The zero-order chi connectivity index (χ0) is 71.4. The number of nitrogens with zero attached hydrogens (tertiary/aromatic N) is 4. The smallest absolute Gasteiger partial charge is 0.382 e. The molecule has 8 rings (SSSR count). The maximum absolute atomic E-state index is 11.9. The van der Waals surface area contributed by atoms with E-state index >= 15 is 0 Å². The van der Waals surface area contributed by atoms with Gasteiger partial charge in [0, 0.05) is 63.3 Å². The average molecular weight is 1400 g/mol. The van der Waals surface area contributed by atoms with E-state index in [1.54, 1.807) is 79.7 Å². The lowest BCUT2D eigenvalue weighted by molar-refractivity contribution is -0.137. The number of nitrogens with one attached hydrogen (secondary N) is 4. The van der Waals surface area contributed by atoms with Crippen molar-refractivity contribution in [2.45, 2.75) is 32.3 Å². The van der Waals surface area contributed by atoms with E-state index in [0.29, 0.717) is 35.1 Å². The minimum atomic E-state index is -1.20. The summed E-state index contributed by atoms with van der Waals surface area (Å²) in [6.07, 6.45) is 5.98. The minimum Gasteiger partial charge on any atom is -0.506 e. The first kappa shape index (κ1) is 76.5. The van der Waals surface area contributed by atoms with Gasteiger partial charge >= 0.3 is 11.9 Å². The highest BCUT2D eigenvalue weighted by Crippen LogP contribution is 2.26. The molecule has 0 aromatic heterocycles. The van der Waals surface area contributed by atoms with Crippen LogP contribution in [-0.2, 0) is 9.59 Å². The van der Waals surface area contributed by atoms with Crippen LogP contribution in [0, 0.1) is 47.4 Å². The van der Waals surface area contributed by atoms with Gasteiger partial charge in [0.25, 0.3) is 23.6 Å². The number of amides is 4. The zero-order valence-corrected chi connectivity index (χ0v) is 54.2. The molecule has 0 saturated heterocycles. The van der Waals surface area contributed by atoms with Crippen LogP contribution in [0.4, 0.5) is 0 Å². The molecule has 4 amide bonds. The molecule has 0 saturated carbocycles. The third-order valence-electron chi connectivity index (χ3n) is 11.9. The Bertz CT molecular complexity index is 4540. The molecule has 12 N–H and O–H groups in total. The molecule has 0 aliphatic heterocycles. The number of benzene rings is 8. The number of halogens is 4. The highest BCUT2D eigenvalue weighted by Gasteiger charge is 2.11. The van der Waals surface area contributed by atoms with Crippen LogP contribution in [0.2, 0.25) is 20.1 Å². The number of hydrogen-bond donors (Lipinski definition) is 12. The van der Waals surface area contributed by atoms with Crippen molar-refractivity contribution >= 4 is 107 Å². The fourth-order valence-corrected chi connectivity index (χ4v) is 7.71. The fourth-order valence-electron chi connectivity index (χ4n) is 6.99. The summed E-state index contributed by atoms with van der Waals surface area (Å²) in [4.78, 5) is 68.3. The van der Waals surface area contributed by atoms with Crippen molar-refractivity contribution in [3.8, 4) is 70.4 Å². The number of carbonyl (C=O) groups is 6. The molecule has 0 radical (unpaired) electrons. The minimum absolute atomic E-state index is 0.0175. The Morgan fingerprint density at radius 1 is 0.418 bits per heavy atom. The van der Waals surface area contributed by atoms with Crippen molar-refractivity contribution in [2.75, 3.05) is 6.61 Å². The number of hydrogen-bond acceptors (Lipinski definition) is 16. The van der Waals surface area contributed by atoms with Crippen LogP contribution in [0.15, 0.2) is 190 Å². The Morgan fingerprint density at radius 2 is 0.694 bits per heavy atom. The quantitative estimate of drug-likeness (QED) is 0.0258. The lowest BCUT2D eigenvalue weighted by atomic mass is 10.1. The largest absolute Gasteiger partial charge is 0.506 e. The van der Waals surface area contributed by atoms with Gasteiger partial charge in [0.1, 0.15) is 29.1 Å². The highest BCUT2D eigenvalue weighted by molar-refractivity contribution is 6.33. The normalized spacial score (nSPS) is 10.5. The molecule has 1 atom stereocenters. The number of rotatable bonds is 15. The number of hydrazone groups is 4. The Morgan fingerprint density at radius 3 is 0.949 bits per heavy atom. The van der Waals surface area contributed by atoms with Crippen LogP contribution < -0.4 is 21.7 Å². The molecular weight excluding hydrogens is 1340 g/mol. The van der Waals surface area contributed by atoms with Gasteiger partial charge in [-0.1, -0.05) is 136 Å². The third-order valence-corrected chi connectivity index (χ3v) is 13.1. The highest BCUT2D eigenvalue weighted by atomic mass is 35.5. The second-order valence-corrected chi connectivity index (χ2v) is 21.0. The molecular formula is C72H56Cl4N8O14. The molecule has 0 spiro atoms. The molecule has 0 fully saturated rings. The SMILES string of the molecule is CC(O)C#Cc1ccc(/C=N/NC(=O)c2ccc(O)c(Cl)c2)cc1.O=C(N/N=C/c1ccc(C#CCCO)cc1)c1ccc(O)c(Cl)c1.O=C(O)C#Cc1ccc(/C=N/NC(=O)c2ccc(O)c(Cl)c2)cc1.O=C(O)CCC#Cc1ccc(/C=N/NC(=O)c2ccc(O)c(Cl)c2)cc1. The molecule has 0 bridgehead atoms. The van der Waals surface area contributed by atoms with Gasteiger partial charge in [0.05, 0.1) is 58.0 Å². The van der Waals surface area contributed by atoms with E-state index in [9.17, 15) is 49.2 Å². The maximum atomic E-state index is 11.9. The van der Waals surface area contributed by atoms with Gasteiger partial charge in [-0.05, 0) is 151 Å². The van der Waals surface area contributed by atoms with Gasteiger partial charge in [-0.25, -0.2) is 26.5 Å². The number of aromatic hydroxyl groups is 4. The van der Waals surface area contributed by atoms with Gasteiger partial charge in [0.15, 0.2) is 0 Å². The average Bonchev–Trinajstić information content (AvgIpc) is 1.30. The molecule has 8 aromatic rings. The number of phenols is 4. The second kappa shape index (κ2) is 40.8. The van der Waals surface area contributed by atoms with Crippen LogP contribution >= 0.6 is 46.4 Å². The van der Waals surface area contributed by atoms with Crippen LogP contribution in [0.5, 0.6) is 23.0 Å². The molecule has 496 valence electrons. The lowest BCUT2D eigenvalue weighted by Gasteiger charge is -2.02. The van der Waals surface area contributed by atoms with Crippen LogP contribution in [-0.4, -0.2) is 114 Å². The Kier molecular flexibility index (Phi) is 31.8. The van der Waals surface area contributed by atoms with E-state index in [1.807, 2.05) is 30.2 Å². The van der Waals surface area contributed by atoms with E-state index in [4.69, 9.17) is 66.8 Å². The maximum Gasteiger partial charge on any atom is 0.382 e. The van der Waals surface area contributed by atoms with E-state index in [0.717, 1.165) is 33.4 Å². The van der Waals surface area contributed by atoms with E-state index < -0.39 is 41.7 Å². The summed E-state index contributed by atoms with van der Waals surface area (Å²) in [6.45, 7) is 1.64. The van der Waals surface area contributed by atoms with E-state index in [2.05, 4.69) is 83.6 Å². The number of phenolic OH excluding ortho intramolecular Hbond substituents is 4. The number of aliphatic hydroxyl groups excluding tert-OH is 2. The number of aliphatic carboxylic acids is 2. The monoisotopic (exact) mass is 1400 g/mol. The van der Waals surface area contributed by atoms with Crippen molar-refractivity contribution in [3.63, 3.8) is 0 Å². The number of carbonyl (C=O) groups excluding carboxylic acids is 4. The molecule has 1 unspecified atom stereocenters. The van der Waals surface area contributed by atoms with Gasteiger partial charge in [-0.15, -0.1) is 0 Å². The lowest BCUT2D eigenvalue weighted by Crippen LogP contribution is -2.17. The summed E-state index contributed by atoms with van der Waals surface area (Å²) >= 11 is 23.0. The van der Waals surface area contributed by atoms with Crippen molar-refractivity contribution in [1.29, 1.82) is 0 Å². The fraction of sp³-hybridized carbons (Fsp3) is 0.0833.